The van der Waals surface area contributed by atoms with Gasteiger partial charge in [-0.05, 0) is 68.2 Å². The van der Waals surface area contributed by atoms with Crippen molar-refractivity contribution in [1.82, 2.24) is 9.97 Å². The highest BCUT2D eigenvalue weighted by Crippen LogP contribution is 2.51. The highest BCUT2D eigenvalue weighted by Gasteiger charge is 2.36. The predicted molar refractivity (Wildman–Crippen MR) is 94.5 cm³/mol. The number of esters is 1. The van der Waals surface area contributed by atoms with Gasteiger partial charge in [0.1, 0.15) is 5.82 Å². The molecule has 2 aliphatic carbocycles. The first kappa shape index (κ1) is 14.9. The third-order valence-electron chi connectivity index (χ3n) is 5.54. The van der Waals surface area contributed by atoms with E-state index in [1.54, 1.807) is 0 Å². The number of anilines is 2. The summed E-state index contributed by atoms with van der Waals surface area (Å²) in [7, 11) is 0. The topological polar surface area (TPSA) is 64.1 Å². The van der Waals surface area contributed by atoms with E-state index < -0.39 is 5.97 Å². The number of benzene rings is 1. The van der Waals surface area contributed by atoms with E-state index in [-0.39, 0.29) is 11.9 Å². The fraction of sp³-hybridized carbons (Fsp3) is 0.450. The maximum absolute atomic E-state index is 12.2. The smallest absolute Gasteiger partial charge is 0.376 e. The summed E-state index contributed by atoms with van der Waals surface area (Å²) < 4.78 is 5.24. The van der Waals surface area contributed by atoms with Gasteiger partial charge < -0.3 is 10.1 Å². The number of nitrogens with zero attached hydrogens (tertiary/aromatic N) is 2. The molecule has 0 fully saturated rings. The molecule has 1 unspecified atom stereocenters. The molecule has 5 heteroatoms. The van der Waals surface area contributed by atoms with Crippen molar-refractivity contribution >= 4 is 17.5 Å². The Morgan fingerprint density at radius 1 is 1.28 bits per heavy atom. The summed E-state index contributed by atoms with van der Waals surface area (Å²) in [6.45, 7) is 3.66. The Kier molecular flexibility index (Phi) is 3.14. The lowest BCUT2D eigenvalue weighted by atomic mass is 9.87. The monoisotopic (exact) mass is 335 g/mol. The Hall–Kier alpha value is -2.43. The van der Waals surface area contributed by atoms with Crippen LogP contribution < -0.4 is 5.32 Å². The molecule has 0 saturated carbocycles. The first-order valence-electron chi connectivity index (χ1n) is 9.14. The van der Waals surface area contributed by atoms with Crippen LogP contribution in [0.5, 0.6) is 0 Å². The first-order valence-corrected chi connectivity index (χ1v) is 9.14. The summed E-state index contributed by atoms with van der Waals surface area (Å²) in [5.74, 6) is 0.795. The summed E-state index contributed by atoms with van der Waals surface area (Å²) >= 11 is 0. The van der Waals surface area contributed by atoms with Crippen LogP contribution in [0.3, 0.4) is 0 Å². The summed E-state index contributed by atoms with van der Waals surface area (Å²) in [5, 5.41) is 3.54. The maximum Gasteiger partial charge on any atom is 0.376 e. The van der Waals surface area contributed by atoms with Crippen molar-refractivity contribution in [2.75, 3.05) is 5.32 Å². The average Bonchev–Trinajstić information content (AvgIpc) is 3.22. The van der Waals surface area contributed by atoms with Gasteiger partial charge in [-0.2, -0.15) is 0 Å². The van der Waals surface area contributed by atoms with Gasteiger partial charge >= 0.3 is 5.97 Å². The molecule has 5 rings (SSSR count). The molecule has 128 valence electrons. The first-order chi connectivity index (χ1) is 12.1. The van der Waals surface area contributed by atoms with Crippen LogP contribution >= 0.6 is 0 Å². The van der Waals surface area contributed by atoms with Crippen molar-refractivity contribution in [3.05, 3.63) is 45.9 Å². The minimum Gasteiger partial charge on any atom is -0.457 e. The Morgan fingerprint density at radius 2 is 2.16 bits per heavy atom. The van der Waals surface area contributed by atoms with Gasteiger partial charge in [-0.15, -0.1) is 0 Å². The summed E-state index contributed by atoms with van der Waals surface area (Å²) in [6.07, 6.45) is 7.35. The Morgan fingerprint density at radius 3 is 3.00 bits per heavy atom. The fourth-order valence-electron chi connectivity index (χ4n) is 4.56. The number of hydrogen-bond acceptors (Lipinski definition) is 5. The van der Waals surface area contributed by atoms with Crippen LogP contribution in [-0.4, -0.2) is 22.0 Å². The van der Waals surface area contributed by atoms with Crippen molar-refractivity contribution in [3.8, 4) is 0 Å². The summed E-state index contributed by atoms with van der Waals surface area (Å²) in [4.78, 5) is 21.0. The van der Waals surface area contributed by atoms with Gasteiger partial charge in [0.05, 0.1) is 6.10 Å². The number of nitrogens with one attached hydrogen (secondary N) is 1. The van der Waals surface area contributed by atoms with Gasteiger partial charge in [0.2, 0.25) is 5.82 Å². The molecule has 1 atom stereocenters. The van der Waals surface area contributed by atoms with Crippen LogP contribution in [0.4, 0.5) is 11.5 Å². The van der Waals surface area contributed by atoms with E-state index >= 15 is 0 Å². The molecule has 0 bridgehead atoms. The molecular formula is C20H21N3O2. The molecule has 2 heterocycles. The van der Waals surface area contributed by atoms with Crippen molar-refractivity contribution in [2.45, 2.75) is 58.0 Å². The molecule has 1 aromatic carbocycles. The molecule has 3 aliphatic rings. The van der Waals surface area contributed by atoms with Gasteiger partial charge in [-0.1, -0.05) is 6.07 Å². The molecule has 0 amide bonds. The second-order valence-corrected chi connectivity index (χ2v) is 7.48. The van der Waals surface area contributed by atoms with Crippen molar-refractivity contribution in [2.24, 2.45) is 0 Å². The van der Waals surface area contributed by atoms with E-state index in [1.807, 2.05) is 20.0 Å². The lowest BCUT2D eigenvalue weighted by Gasteiger charge is -2.27. The van der Waals surface area contributed by atoms with Crippen molar-refractivity contribution in [1.29, 1.82) is 0 Å². The standard InChI is InChI=1S/C20H21N3O2/c1-10(2)25-20(24)19-21-9-15-14-7-6-12-8-11-4-3-5-13(11)17(16(12)14)22-18(15)23-19/h8-10,14H,3-7H2,1-2H3,(H,21,22,23). The molecule has 0 spiro atoms. The van der Waals surface area contributed by atoms with Gasteiger partial charge in [0, 0.05) is 23.4 Å². The number of rotatable bonds is 2. The number of carbonyl (C=O) groups is 1. The molecule has 1 N–H and O–H groups in total. The van der Waals surface area contributed by atoms with E-state index in [1.165, 1.54) is 40.8 Å². The van der Waals surface area contributed by atoms with Gasteiger partial charge in [-0.25, -0.2) is 14.8 Å². The number of fused-ring (bicyclic) bond motifs is 4. The molecule has 0 saturated heterocycles. The summed E-state index contributed by atoms with van der Waals surface area (Å²) in [6, 6.07) is 2.42. The van der Waals surface area contributed by atoms with E-state index in [0.717, 1.165) is 30.6 Å². The second kappa shape index (κ2) is 5.28. The number of ether oxygens (including phenoxy) is 1. The lowest BCUT2D eigenvalue weighted by Crippen LogP contribution is -2.19. The largest absolute Gasteiger partial charge is 0.457 e. The zero-order valence-electron chi connectivity index (χ0n) is 14.6. The van der Waals surface area contributed by atoms with Gasteiger partial charge in [-0.3, -0.25) is 0 Å². The van der Waals surface area contributed by atoms with E-state index in [4.69, 9.17) is 4.74 Å². The quantitative estimate of drug-likeness (QED) is 0.849. The third-order valence-corrected chi connectivity index (χ3v) is 5.54. The Bertz CT molecular complexity index is 904. The molecule has 1 aromatic heterocycles. The molecule has 25 heavy (non-hydrogen) atoms. The molecule has 1 aliphatic heterocycles. The van der Waals surface area contributed by atoms with Crippen molar-refractivity contribution in [3.63, 3.8) is 0 Å². The van der Waals surface area contributed by atoms with Crippen LogP contribution in [0.2, 0.25) is 0 Å². The normalized spacial score (nSPS) is 19.2. The van der Waals surface area contributed by atoms with E-state index in [2.05, 4.69) is 21.4 Å². The summed E-state index contributed by atoms with van der Waals surface area (Å²) in [5.41, 5.74) is 8.20. The second-order valence-electron chi connectivity index (χ2n) is 7.48. The molecule has 2 aromatic rings. The number of hydrogen-bond donors (Lipinski definition) is 1. The maximum atomic E-state index is 12.2. The molecule has 0 radical (unpaired) electrons. The average molecular weight is 335 g/mol. The Balaban J connectivity index is 1.60. The minimum atomic E-state index is -0.462. The minimum absolute atomic E-state index is 0.134. The molecular weight excluding hydrogens is 314 g/mol. The van der Waals surface area contributed by atoms with Gasteiger partial charge in [0.15, 0.2) is 0 Å². The van der Waals surface area contributed by atoms with Crippen LogP contribution in [-0.2, 0) is 24.0 Å². The highest BCUT2D eigenvalue weighted by molar-refractivity contribution is 5.87. The van der Waals surface area contributed by atoms with Crippen molar-refractivity contribution < 1.29 is 9.53 Å². The SMILES string of the molecule is CC(C)OC(=O)c1ncc2c(n1)Nc1c3c(cc4c1C2CC4)CCC3. The van der Waals surface area contributed by atoms with E-state index in [9.17, 15) is 4.79 Å². The van der Waals surface area contributed by atoms with Crippen LogP contribution in [0.15, 0.2) is 12.3 Å². The highest BCUT2D eigenvalue weighted by atomic mass is 16.5. The zero-order valence-corrected chi connectivity index (χ0v) is 14.6. The predicted octanol–water partition coefficient (Wildman–Crippen LogP) is 3.67. The van der Waals surface area contributed by atoms with Crippen LogP contribution in [0.1, 0.15) is 71.0 Å². The Labute approximate surface area is 146 Å². The van der Waals surface area contributed by atoms with Crippen LogP contribution in [0, 0.1) is 0 Å². The zero-order chi connectivity index (χ0) is 17.1. The van der Waals surface area contributed by atoms with Gasteiger partial charge in [0.25, 0.3) is 0 Å². The third kappa shape index (κ3) is 2.18. The number of aromatic nitrogens is 2. The lowest BCUT2D eigenvalue weighted by molar-refractivity contribution is 0.0363. The molecule has 5 nitrogen and oxygen atoms in total. The number of aryl methyl sites for hydroxylation is 2. The van der Waals surface area contributed by atoms with Crippen LogP contribution in [0.25, 0.3) is 0 Å². The fourth-order valence-corrected chi connectivity index (χ4v) is 4.56. The van der Waals surface area contributed by atoms with E-state index in [0.29, 0.717) is 5.92 Å². The number of carbonyl (C=O) groups excluding carboxylic acids is 1.